The molecule has 144 valence electrons. The number of hydrogen-bond donors (Lipinski definition) is 1. The molecule has 3 rings (SSSR count). The standard InChI is InChI=1S/C21H26N2O3S/c1-16-7-10-18(11-8-16)5-3-6-21(24)22-19-12-9-17(2)20(15-19)23-13-4-14-27(23,25)26/h7-12,15H,3-6,13-14H2,1-2H3,(H,22,24). The zero-order valence-electron chi connectivity index (χ0n) is 15.9. The van der Waals surface area contributed by atoms with E-state index in [1.54, 1.807) is 6.07 Å². The van der Waals surface area contributed by atoms with E-state index in [9.17, 15) is 13.2 Å². The zero-order chi connectivity index (χ0) is 19.4. The molecule has 0 bridgehead atoms. The van der Waals surface area contributed by atoms with Gasteiger partial charge in [-0.1, -0.05) is 35.9 Å². The first-order valence-corrected chi connectivity index (χ1v) is 10.9. The second-order valence-electron chi connectivity index (χ2n) is 7.13. The van der Waals surface area contributed by atoms with Gasteiger partial charge in [0.15, 0.2) is 0 Å². The number of aryl methyl sites for hydroxylation is 3. The maximum absolute atomic E-state index is 12.3. The van der Waals surface area contributed by atoms with Crippen LogP contribution in [0.4, 0.5) is 11.4 Å². The minimum atomic E-state index is -3.24. The maximum Gasteiger partial charge on any atom is 0.235 e. The smallest absolute Gasteiger partial charge is 0.235 e. The fraction of sp³-hybridized carbons (Fsp3) is 0.381. The third-order valence-corrected chi connectivity index (χ3v) is 6.71. The van der Waals surface area contributed by atoms with Crippen molar-refractivity contribution in [3.8, 4) is 0 Å². The molecule has 0 atom stereocenters. The van der Waals surface area contributed by atoms with Crippen LogP contribution in [0.2, 0.25) is 0 Å². The average molecular weight is 387 g/mol. The van der Waals surface area contributed by atoms with Gasteiger partial charge in [-0.05, 0) is 56.4 Å². The molecule has 0 aliphatic carbocycles. The van der Waals surface area contributed by atoms with Crippen LogP contribution < -0.4 is 9.62 Å². The van der Waals surface area contributed by atoms with E-state index in [4.69, 9.17) is 0 Å². The Morgan fingerprint density at radius 3 is 2.52 bits per heavy atom. The summed E-state index contributed by atoms with van der Waals surface area (Å²) in [4.78, 5) is 12.3. The first-order chi connectivity index (χ1) is 12.8. The van der Waals surface area contributed by atoms with Crippen LogP contribution in [0.3, 0.4) is 0 Å². The van der Waals surface area contributed by atoms with E-state index in [2.05, 4.69) is 36.5 Å². The third-order valence-electron chi connectivity index (χ3n) is 4.85. The molecule has 0 saturated carbocycles. The summed E-state index contributed by atoms with van der Waals surface area (Å²) in [5.41, 5.74) is 4.64. The van der Waals surface area contributed by atoms with E-state index in [1.165, 1.54) is 15.4 Å². The summed E-state index contributed by atoms with van der Waals surface area (Å²) in [6, 6.07) is 13.8. The summed E-state index contributed by atoms with van der Waals surface area (Å²) in [6.45, 7) is 4.44. The number of nitrogens with one attached hydrogen (secondary N) is 1. The topological polar surface area (TPSA) is 66.5 Å². The Kier molecular flexibility index (Phi) is 5.85. The van der Waals surface area contributed by atoms with Gasteiger partial charge in [0.25, 0.3) is 0 Å². The highest BCUT2D eigenvalue weighted by molar-refractivity contribution is 7.93. The predicted molar refractivity (Wildman–Crippen MR) is 110 cm³/mol. The quantitative estimate of drug-likeness (QED) is 0.821. The molecule has 1 amide bonds. The van der Waals surface area contributed by atoms with E-state index in [0.717, 1.165) is 18.4 Å². The van der Waals surface area contributed by atoms with Gasteiger partial charge < -0.3 is 5.32 Å². The zero-order valence-corrected chi connectivity index (χ0v) is 16.7. The fourth-order valence-electron chi connectivity index (χ4n) is 3.30. The van der Waals surface area contributed by atoms with Crippen LogP contribution in [0.1, 0.15) is 36.0 Å². The van der Waals surface area contributed by atoms with Crippen molar-refractivity contribution in [2.45, 2.75) is 39.5 Å². The van der Waals surface area contributed by atoms with E-state index in [0.29, 0.717) is 30.8 Å². The van der Waals surface area contributed by atoms with E-state index in [1.807, 2.05) is 19.1 Å². The molecule has 2 aromatic carbocycles. The van der Waals surface area contributed by atoms with Crippen LogP contribution in [0.25, 0.3) is 0 Å². The van der Waals surface area contributed by atoms with E-state index in [-0.39, 0.29) is 11.7 Å². The highest BCUT2D eigenvalue weighted by Crippen LogP contribution is 2.30. The summed E-state index contributed by atoms with van der Waals surface area (Å²) < 4.78 is 25.8. The van der Waals surface area contributed by atoms with Gasteiger partial charge in [0, 0.05) is 18.7 Å². The van der Waals surface area contributed by atoms with Crippen LogP contribution >= 0.6 is 0 Å². The van der Waals surface area contributed by atoms with Crippen molar-refractivity contribution in [2.24, 2.45) is 0 Å². The number of benzene rings is 2. The molecular weight excluding hydrogens is 360 g/mol. The van der Waals surface area contributed by atoms with Gasteiger partial charge in [0.05, 0.1) is 11.4 Å². The number of carbonyl (C=O) groups is 1. The molecule has 1 aliphatic heterocycles. The van der Waals surface area contributed by atoms with Gasteiger partial charge in [0.1, 0.15) is 0 Å². The first kappa shape index (κ1) is 19.4. The highest BCUT2D eigenvalue weighted by atomic mass is 32.2. The number of sulfonamides is 1. The van der Waals surface area contributed by atoms with Crippen LogP contribution in [-0.4, -0.2) is 26.6 Å². The Hall–Kier alpha value is -2.34. The second kappa shape index (κ2) is 8.13. The molecule has 0 spiro atoms. The Bertz CT molecular complexity index is 921. The van der Waals surface area contributed by atoms with Gasteiger partial charge in [-0.2, -0.15) is 0 Å². The summed E-state index contributed by atoms with van der Waals surface area (Å²) >= 11 is 0. The minimum Gasteiger partial charge on any atom is -0.326 e. The second-order valence-corrected chi connectivity index (χ2v) is 9.14. The summed E-state index contributed by atoms with van der Waals surface area (Å²) in [5, 5.41) is 2.90. The van der Waals surface area contributed by atoms with Gasteiger partial charge in [-0.15, -0.1) is 0 Å². The Morgan fingerprint density at radius 1 is 1.11 bits per heavy atom. The molecule has 0 aromatic heterocycles. The molecule has 27 heavy (non-hydrogen) atoms. The predicted octanol–water partition coefficient (Wildman–Crippen LogP) is 3.80. The van der Waals surface area contributed by atoms with Crippen molar-refractivity contribution in [3.05, 3.63) is 59.2 Å². The van der Waals surface area contributed by atoms with Crippen molar-refractivity contribution < 1.29 is 13.2 Å². The van der Waals surface area contributed by atoms with Crippen molar-refractivity contribution in [2.75, 3.05) is 21.9 Å². The van der Waals surface area contributed by atoms with Crippen LogP contribution in [-0.2, 0) is 21.2 Å². The molecule has 1 heterocycles. The minimum absolute atomic E-state index is 0.0545. The molecule has 6 heteroatoms. The van der Waals surface area contributed by atoms with Crippen molar-refractivity contribution in [3.63, 3.8) is 0 Å². The molecule has 0 unspecified atom stereocenters. The SMILES string of the molecule is Cc1ccc(CCCC(=O)Nc2ccc(C)c(N3CCCS3(=O)=O)c2)cc1. The molecule has 1 saturated heterocycles. The number of hydrogen-bond acceptors (Lipinski definition) is 3. The van der Waals surface area contributed by atoms with E-state index >= 15 is 0 Å². The highest BCUT2D eigenvalue weighted by Gasteiger charge is 2.29. The van der Waals surface area contributed by atoms with Crippen molar-refractivity contribution in [1.29, 1.82) is 0 Å². The Balaban J connectivity index is 1.59. The Labute approximate surface area is 161 Å². The lowest BCUT2D eigenvalue weighted by Gasteiger charge is -2.20. The van der Waals surface area contributed by atoms with Gasteiger partial charge in [-0.25, -0.2) is 8.42 Å². The fourth-order valence-corrected chi connectivity index (χ4v) is 4.92. The average Bonchev–Trinajstić information content (AvgIpc) is 2.97. The molecule has 2 aromatic rings. The number of anilines is 2. The summed E-state index contributed by atoms with van der Waals surface area (Å²) in [6.07, 6.45) is 2.70. The van der Waals surface area contributed by atoms with Crippen molar-refractivity contribution in [1.82, 2.24) is 0 Å². The third kappa shape index (κ3) is 4.89. The first-order valence-electron chi connectivity index (χ1n) is 9.32. The summed E-state index contributed by atoms with van der Waals surface area (Å²) in [5.74, 6) is 0.128. The number of rotatable bonds is 6. The lowest BCUT2D eigenvalue weighted by atomic mass is 10.1. The number of nitrogens with zero attached hydrogens (tertiary/aromatic N) is 1. The lowest BCUT2D eigenvalue weighted by molar-refractivity contribution is -0.116. The lowest BCUT2D eigenvalue weighted by Crippen LogP contribution is -2.26. The molecule has 1 fully saturated rings. The largest absolute Gasteiger partial charge is 0.326 e. The van der Waals surface area contributed by atoms with Gasteiger partial charge in [0.2, 0.25) is 15.9 Å². The molecule has 1 N–H and O–H groups in total. The monoisotopic (exact) mass is 386 g/mol. The molecule has 0 radical (unpaired) electrons. The Morgan fingerprint density at radius 2 is 1.85 bits per heavy atom. The van der Waals surface area contributed by atoms with Crippen molar-refractivity contribution >= 4 is 27.3 Å². The number of amides is 1. The van der Waals surface area contributed by atoms with Crippen LogP contribution in [0, 0.1) is 13.8 Å². The number of carbonyl (C=O) groups excluding carboxylic acids is 1. The normalized spacial score (nSPS) is 15.7. The van der Waals surface area contributed by atoms with Gasteiger partial charge >= 0.3 is 0 Å². The van der Waals surface area contributed by atoms with Gasteiger partial charge in [-0.3, -0.25) is 9.10 Å². The molecule has 5 nitrogen and oxygen atoms in total. The summed E-state index contributed by atoms with van der Waals surface area (Å²) in [7, 11) is -3.24. The maximum atomic E-state index is 12.3. The van der Waals surface area contributed by atoms with Crippen LogP contribution in [0.15, 0.2) is 42.5 Å². The molecule has 1 aliphatic rings. The molecular formula is C21H26N2O3S. The van der Waals surface area contributed by atoms with Crippen LogP contribution in [0.5, 0.6) is 0 Å². The van der Waals surface area contributed by atoms with E-state index < -0.39 is 10.0 Å².